The van der Waals surface area contributed by atoms with E-state index in [1.165, 1.54) is 0 Å². The second-order valence-corrected chi connectivity index (χ2v) is 4.35. The van der Waals surface area contributed by atoms with Gasteiger partial charge < -0.3 is 10.6 Å². The first-order chi connectivity index (χ1) is 8.56. The summed E-state index contributed by atoms with van der Waals surface area (Å²) in [5.74, 6) is -0.0401. The second-order valence-electron chi connectivity index (χ2n) is 4.35. The van der Waals surface area contributed by atoms with Gasteiger partial charge in [0.1, 0.15) is 0 Å². The van der Waals surface area contributed by atoms with Crippen LogP contribution in [0.1, 0.15) is 31.4 Å². The van der Waals surface area contributed by atoms with Gasteiger partial charge in [0, 0.05) is 18.2 Å². The lowest BCUT2D eigenvalue weighted by Crippen LogP contribution is -2.30. The van der Waals surface area contributed by atoms with Gasteiger partial charge in [-0.05, 0) is 38.1 Å². The normalized spacial score (nSPS) is 11.7. The van der Waals surface area contributed by atoms with Crippen molar-refractivity contribution in [2.24, 2.45) is 0 Å². The van der Waals surface area contributed by atoms with Crippen molar-refractivity contribution in [1.82, 2.24) is 5.32 Å². The van der Waals surface area contributed by atoms with E-state index in [4.69, 9.17) is 5.26 Å². The van der Waals surface area contributed by atoms with Gasteiger partial charge in [0.2, 0.25) is 5.91 Å². The van der Waals surface area contributed by atoms with Crippen molar-refractivity contribution in [3.05, 3.63) is 29.3 Å². The van der Waals surface area contributed by atoms with Crippen molar-refractivity contribution >= 4 is 11.6 Å². The smallest absolute Gasteiger partial charge is 0.225 e. The number of hydrogen-bond acceptors (Lipinski definition) is 3. The first kappa shape index (κ1) is 14.2. The molecule has 1 amide bonds. The Labute approximate surface area is 108 Å². The van der Waals surface area contributed by atoms with E-state index >= 15 is 0 Å². The van der Waals surface area contributed by atoms with E-state index in [0.717, 1.165) is 12.1 Å². The van der Waals surface area contributed by atoms with Crippen molar-refractivity contribution in [1.29, 1.82) is 5.26 Å². The van der Waals surface area contributed by atoms with Crippen LogP contribution in [-0.4, -0.2) is 18.5 Å². The molecule has 0 bridgehead atoms. The first-order valence-corrected chi connectivity index (χ1v) is 6.10. The number of hydrogen-bond donors (Lipinski definition) is 2. The number of rotatable bonds is 5. The second kappa shape index (κ2) is 6.77. The average molecular weight is 245 g/mol. The molecule has 0 aliphatic carbocycles. The number of nitriles is 1. The molecule has 1 aromatic rings. The van der Waals surface area contributed by atoms with Gasteiger partial charge in [-0.25, -0.2) is 0 Å². The summed E-state index contributed by atoms with van der Waals surface area (Å²) in [6.07, 6.45) is 0.421. The minimum Gasteiger partial charge on any atom is -0.326 e. The predicted molar refractivity (Wildman–Crippen MR) is 72.3 cm³/mol. The zero-order valence-corrected chi connectivity index (χ0v) is 11.1. The standard InChI is InChI=1S/C14H19N3O/c1-4-16-11(3)7-14(18)17-13-8-12(9-15)6-5-10(13)2/h5-6,8,11,16H,4,7H2,1-3H3,(H,17,18). The Balaban J connectivity index is 2.67. The van der Waals surface area contributed by atoms with Crippen LogP contribution in [0.5, 0.6) is 0 Å². The Morgan fingerprint density at radius 2 is 2.22 bits per heavy atom. The first-order valence-electron chi connectivity index (χ1n) is 6.10. The summed E-state index contributed by atoms with van der Waals surface area (Å²) in [5, 5.41) is 14.9. The Morgan fingerprint density at radius 1 is 1.50 bits per heavy atom. The summed E-state index contributed by atoms with van der Waals surface area (Å²) in [4.78, 5) is 11.8. The van der Waals surface area contributed by atoms with Crippen LogP contribution in [0.2, 0.25) is 0 Å². The van der Waals surface area contributed by atoms with E-state index in [1.807, 2.05) is 26.8 Å². The molecule has 0 saturated heterocycles. The molecule has 0 saturated carbocycles. The molecule has 2 N–H and O–H groups in total. The lowest BCUT2D eigenvalue weighted by Gasteiger charge is -2.13. The Kier molecular flexibility index (Phi) is 5.34. The van der Waals surface area contributed by atoms with E-state index in [9.17, 15) is 4.79 Å². The molecule has 0 heterocycles. The van der Waals surface area contributed by atoms with Crippen LogP contribution in [0.15, 0.2) is 18.2 Å². The van der Waals surface area contributed by atoms with E-state index in [-0.39, 0.29) is 11.9 Å². The van der Waals surface area contributed by atoms with Crippen molar-refractivity contribution in [3.63, 3.8) is 0 Å². The highest BCUT2D eigenvalue weighted by Crippen LogP contribution is 2.16. The van der Waals surface area contributed by atoms with Gasteiger partial charge >= 0.3 is 0 Å². The van der Waals surface area contributed by atoms with Crippen molar-refractivity contribution in [2.75, 3.05) is 11.9 Å². The zero-order chi connectivity index (χ0) is 13.5. The van der Waals surface area contributed by atoms with Crippen molar-refractivity contribution in [3.8, 4) is 6.07 Å². The van der Waals surface area contributed by atoms with Crippen molar-refractivity contribution < 1.29 is 4.79 Å². The third-order valence-corrected chi connectivity index (χ3v) is 2.68. The van der Waals surface area contributed by atoms with Crippen molar-refractivity contribution in [2.45, 2.75) is 33.2 Å². The molecular weight excluding hydrogens is 226 g/mol. The minimum absolute atomic E-state index is 0.0401. The maximum Gasteiger partial charge on any atom is 0.225 e. The summed E-state index contributed by atoms with van der Waals surface area (Å²) < 4.78 is 0. The monoisotopic (exact) mass is 245 g/mol. The van der Waals surface area contributed by atoms with Crippen LogP contribution in [-0.2, 0) is 4.79 Å². The molecule has 0 aliphatic rings. The van der Waals surface area contributed by atoms with Crippen LogP contribution in [0.25, 0.3) is 0 Å². The van der Waals surface area contributed by atoms with Crippen LogP contribution >= 0.6 is 0 Å². The molecule has 18 heavy (non-hydrogen) atoms. The van der Waals surface area contributed by atoms with Crippen LogP contribution in [0.4, 0.5) is 5.69 Å². The quantitative estimate of drug-likeness (QED) is 0.835. The molecule has 0 aromatic heterocycles. The number of carbonyl (C=O) groups excluding carboxylic acids is 1. The molecule has 4 nitrogen and oxygen atoms in total. The van der Waals surface area contributed by atoms with Gasteiger partial charge in [0.15, 0.2) is 0 Å². The fourth-order valence-corrected chi connectivity index (χ4v) is 1.73. The maximum atomic E-state index is 11.8. The molecule has 1 rings (SSSR count). The van der Waals surface area contributed by atoms with E-state index in [2.05, 4.69) is 16.7 Å². The van der Waals surface area contributed by atoms with E-state index in [0.29, 0.717) is 17.7 Å². The van der Waals surface area contributed by atoms with Gasteiger partial charge in [0.05, 0.1) is 11.6 Å². The van der Waals surface area contributed by atoms with Crippen LogP contribution in [0, 0.1) is 18.3 Å². The SMILES string of the molecule is CCNC(C)CC(=O)Nc1cc(C#N)ccc1C. The molecule has 1 atom stereocenters. The molecule has 0 spiro atoms. The Bertz CT molecular complexity index is 463. The average Bonchev–Trinajstić information content (AvgIpc) is 2.32. The lowest BCUT2D eigenvalue weighted by atomic mass is 10.1. The fourth-order valence-electron chi connectivity index (χ4n) is 1.73. The highest BCUT2D eigenvalue weighted by Gasteiger charge is 2.09. The number of anilines is 1. The highest BCUT2D eigenvalue weighted by atomic mass is 16.1. The van der Waals surface area contributed by atoms with Gasteiger partial charge in [-0.3, -0.25) is 4.79 Å². The van der Waals surface area contributed by atoms with Gasteiger partial charge in [-0.1, -0.05) is 13.0 Å². The van der Waals surface area contributed by atoms with Gasteiger partial charge in [0.25, 0.3) is 0 Å². The number of amides is 1. The molecule has 0 fully saturated rings. The molecule has 1 aromatic carbocycles. The van der Waals surface area contributed by atoms with Gasteiger partial charge in [-0.15, -0.1) is 0 Å². The topological polar surface area (TPSA) is 64.9 Å². The summed E-state index contributed by atoms with van der Waals surface area (Å²) in [6.45, 7) is 6.73. The van der Waals surface area contributed by atoms with E-state index < -0.39 is 0 Å². The molecule has 96 valence electrons. The third kappa shape index (κ3) is 4.19. The van der Waals surface area contributed by atoms with E-state index in [1.54, 1.807) is 12.1 Å². The predicted octanol–water partition coefficient (Wildman–Crippen LogP) is 2.19. The number of benzene rings is 1. The molecule has 0 radical (unpaired) electrons. The largest absolute Gasteiger partial charge is 0.326 e. The zero-order valence-electron chi connectivity index (χ0n) is 11.1. The summed E-state index contributed by atoms with van der Waals surface area (Å²) in [5.41, 5.74) is 2.22. The van der Waals surface area contributed by atoms with Gasteiger partial charge in [-0.2, -0.15) is 5.26 Å². The lowest BCUT2D eigenvalue weighted by molar-refractivity contribution is -0.116. The molecule has 4 heteroatoms. The minimum atomic E-state index is -0.0401. The highest BCUT2D eigenvalue weighted by molar-refractivity contribution is 5.92. The number of nitrogens with zero attached hydrogens (tertiary/aromatic N) is 1. The summed E-state index contributed by atoms with van der Waals surface area (Å²) >= 11 is 0. The number of carbonyl (C=O) groups is 1. The van der Waals surface area contributed by atoms with Crippen LogP contribution < -0.4 is 10.6 Å². The summed E-state index contributed by atoms with van der Waals surface area (Å²) in [6, 6.07) is 7.49. The Morgan fingerprint density at radius 3 is 2.83 bits per heavy atom. The number of aryl methyl sites for hydroxylation is 1. The van der Waals surface area contributed by atoms with Crippen LogP contribution in [0.3, 0.4) is 0 Å². The molecule has 0 aliphatic heterocycles. The molecular formula is C14H19N3O. The summed E-state index contributed by atoms with van der Waals surface area (Å²) in [7, 11) is 0. The molecule has 1 unspecified atom stereocenters. The number of nitrogens with one attached hydrogen (secondary N) is 2. The fraction of sp³-hybridized carbons (Fsp3) is 0.429. The maximum absolute atomic E-state index is 11.8. The third-order valence-electron chi connectivity index (χ3n) is 2.68. The Hall–Kier alpha value is -1.86.